The smallest absolute Gasteiger partial charge is 0.0762 e. The zero-order valence-corrected chi connectivity index (χ0v) is 14.3. The highest BCUT2D eigenvalue weighted by Gasteiger charge is 2.07. The van der Waals surface area contributed by atoms with Crippen LogP contribution in [0.4, 0.5) is 0 Å². The first-order valence-electron chi connectivity index (χ1n) is 6.72. The molecule has 0 saturated carbocycles. The van der Waals surface area contributed by atoms with Gasteiger partial charge in [-0.3, -0.25) is 0 Å². The molecule has 0 radical (unpaired) electrons. The number of hydrogen-bond donors (Lipinski definition) is 1. The molecule has 0 bridgehead atoms. The normalized spacial score (nSPS) is 12.7. The molecule has 0 saturated heterocycles. The molecule has 0 aliphatic heterocycles. The Labute approximate surface area is 133 Å². The highest BCUT2D eigenvalue weighted by molar-refractivity contribution is 9.10. The molecule has 0 heterocycles. The molecule has 0 aliphatic rings. The number of aliphatic hydroxyl groups is 1. The molecule has 20 heavy (non-hydrogen) atoms. The van der Waals surface area contributed by atoms with Gasteiger partial charge in [-0.05, 0) is 64.2 Å². The number of hydrogen-bond acceptors (Lipinski definition) is 2. The van der Waals surface area contributed by atoms with Gasteiger partial charge in [0.1, 0.15) is 0 Å². The summed E-state index contributed by atoms with van der Waals surface area (Å²) in [6.45, 7) is 6.18. The predicted octanol–water partition coefficient (Wildman–Crippen LogP) is 5.78. The van der Waals surface area contributed by atoms with Crippen LogP contribution in [-0.4, -0.2) is 5.11 Å². The van der Waals surface area contributed by atoms with E-state index in [9.17, 15) is 5.11 Å². The standard InChI is InChI=1S/C17H19BrOS/c1-11(2)13-4-7-15(8-5-13)20-17-9-6-14(12(3)19)10-16(17)18/h4-12,19H,1-3H3/t12-/m1/s1. The van der Waals surface area contributed by atoms with Crippen molar-refractivity contribution in [3.63, 3.8) is 0 Å². The van der Waals surface area contributed by atoms with E-state index in [0.717, 1.165) is 14.9 Å². The maximum atomic E-state index is 9.58. The number of benzene rings is 2. The minimum atomic E-state index is -0.435. The molecule has 2 aromatic rings. The summed E-state index contributed by atoms with van der Waals surface area (Å²) < 4.78 is 1.02. The lowest BCUT2D eigenvalue weighted by molar-refractivity contribution is 0.199. The minimum absolute atomic E-state index is 0.435. The third-order valence-corrected chi connectivity index (χ3v) is 5.22. The summed E-state index contributed by atoms with van der Waals surface area (Å²) in [4.78, 5) is 2.38. The highest BCUT2D eigenvalue weighted by Crippen LogP contribution is 2.35. The summed E-state index contributed by atoms with van der Waals surface area (Å²) in [5.74, 6) is 0.561. The highest BCUT2D eigenvalue weighted by atomic mass is 79.9. The molecule has 106 valence electrons. The van der Waals surface area contributed by atoms with Crippen LogP contribution in [0.5, 0.6) is 0 Å². The van der Waals surface area contributed by atoms with Crippen LogP contribution in [-0.2, 0) is 0 Å². The fourth-order valence-corrected chi connectivity index (χ4v) is 3.37. The first-order valence-corrected chi connectivity index (χ1v) is 8.33. The molecule has 2 rings (SSSR count). The lowest BCUT2D eigenvalue weighted by Gasteiger charge is -2.10. The quantitative estimate of drug-likeness (QED) is 0.754. The fourth-order valence-electron chi connectivity index (χ4n) is 1.91. The monoisotopic (exact) mass is 350 g/mol. The third kappa shape index (κ3) is 3.87. The van der Waals surface area contributed by atoms with Crippen molar-refractivity contribution in [2.45, 2.75) is 42.6 Å². The molecule has 1 nitrogen and oxygen atoms in total. The molecule has 0 spiro atoms. The summed E-state index contributed by atoms with van der Waals surface area (Å²) in [6.07, 6.45) is -0.435. The van der Waals surface area contributed by atoms with Crippen LogP contribution in [0.25, 0.3) is 0 Å². The van der Waals surface area contributed by atoms with Gasteiger partial charge >= 0.3 is 0 Å². The van der Waals surface area contributed by atoms with Crippen molar-refractivity contribution in [3.05, 3.63) is 58.1 Å². The number of rotatable bonds is 4. The van der Waals surface area contributed by atoms with Crippen molar-refractivity contribution >= 4 is 27.7 Å². The summed E-state index contributed by atoms with van der Waals surface area (Å²) in [6, 6.07) is 14.7. The lowest BCUT2D eigenvalue weighted by Crippen LogP contribution is -1.91. The van der Waals surface area contributed by atoms with Crippen molar-refractivity contribution in [1.82, 2.24) is 0 Å². The Morgan fingerprint density at radius 2 is 1.55 bits per heavy atom. The summed E-state index contributed by atoms with van der Waals surface area (Å²) in [5, 5.41) is 9.58. The third-order valence-electron chi connectivity index (χ3n) is 3.21. The zero-order chi connectivity index (χ0) is 14.7. The van der Waals surface area contributed by atoms with E-state index in [1.54, 1.807) is 18.7 Å². The Balaban J connectivity index is 2.17. The van der Waals surface area contributed by atoms with Gasteiger partial charge in [-0.2, -0.15) is 0 Å². The molecule has 1 N–H and O–H groups in total. The maximum Gasteiger partial charge on any atom is 0.0762 e. The van der Waals surface area contributed by atoms with Crippen LogP contribution in [0.2, 0.25) is 0 Å². The maximum absolute atomic E-state index is 9.58. The average Bonchev–Trinajstić information content (AvgIpc) is 2.41. The first kappa shape index (κ1) is 15.6. The largest absolute Gasteiger partial charge is 0.389 e. The molecule has 0 fully saturated rings. The van der Waals surface area contributed by atoms with Gasteiger partial charge in [0.25, 0.3) is 0 Å². The van der Waals surface area contributed by atoms with Crippen LogP contribution in [0.3, 0.4) is 0 Å². The van der Waals surface area contributed by atoms with E-state index in [4.69, 9.17) is 0 Å². The molecule has 0 unspecified atom stereocenters. The van der Waals surface area contributed by atoms with Gasteiger partial charge in [0.05, 0.1) is 6.10 Å². The molecular weight excluding hydrogens is 332 g/mol. The summed E-state index contributed by atoms with van der Waals surface area (Å²) in [7, 11) is 0. The number of halogens is 1. The molecule has 0 aromatic heterocycles. The van der Waals surface area contributed by atoms with Crippen LogP contribution >= 0.6 is 27.7 Å². The summed E-state index contributed by atoms with van der Waals surface area (Å²) in [5.41, 5.74) is 2.29. The fraction of sp³-hybridized carbons (Fsp3) is 0.294. The van der Waals surface area contributed by atoms with Crippen molar-refractivity contribution in [2.75, 3.05) is 0 Å². The second-order valence-corrected chi connectivity index (χ2v) is 7.16. The van der Waals surface area contributed by atoms with Crippen LogP contribution in [0.1, 0.15) is 43.9 Å². The van der Waals surface area contributed by atoms with Gasteiger partial charge in [0.15, 0.2) is 0 Å². The van der Waals surface area contributed by atoms with Gasteiger partial charge in [-0.15, -0.1) is 0 Å². The van der Waals surface area contributed by atoms with E-state index in [1.165, 1.54) is 10.5 Å². The molecule has 2 aromatic carbocycles. The van der Waals surface area contributed by atoms with E-state index >= 15 is 0 Å². The predicted molar refractivity (Wildman–Crippen MR) is 89.4 cm³/mol. The lowest BCUT2D eigenvalue weighted by atomic mass is 10.0. The minimum Gasteiger partial charge on any atom is -0.389 e. The Hall–Kier alpha value is -0.770. The first-order chi connectivity index (χ1) is 9.47. The van der Waals surface area contributed by atoms with Crippen molar-refractivity contribution in [2.24, 2.45) is 0 Å². The topological polar surface area (TPSA) is 20.2 Å². The molecule has 0 aliphatic carbocycles. The molecular formula is C17H19BrOS. The van der Waals surface area contributed by atoms with E-state index in [-0.39, 0.29) is 0 Å². The Morgan fingerprint density at radius 3 is 2.05 bits per heavy atom. The second-order valence-electron chi connectivity index (χ2n) is 5.19. The Bertz CT molecular complexity index is 576. The van der Waals surface area contributed by atoms with Crippen molar-refractivity contribution in [1.29, 1.82) is 0 Å². The van der Waals surface area contributed by atoms with Gasteiger partial charge in [-0.1, -0.05) is 43.8 Å². The second kappa shape index (κ2) is 6.79. The van der Waals surface area contributed by atoms with Gasteiger partial charge in [0.2, 0.25) is 0 Å². The molecule has 0 amide bonds. The SMILES string of the molecule is CC(C)c1ccc(Sc2ccc([C@@H](C)O)cc2Br)cc1. The molecule has 3 heteroatoms. The van der Waals surface area contributed by atoms with Crippen LogP contribution < -0.4 is 0 Å². The Kier molecular flexibility index (Phi) is 5.30. The molecule has 1 atom stereocenters. The average molecular weight is 351 g/mol. The van der Waals surface area contributed by atoms with Crippen LogP contribution in [0, 0.1) is 0 Å². The van der Waals surface area contributed by atoms with E-state index in [1.807, 2.05) is 18.2 Å². The summed E-state index contributed by atoms with van der Waals surface area (Å²) >= 11 is 5.31. The van der Waals surface area contributed by atoms with Gasteiger partial charge < -0.3 is 5.11 Å². The van der Waals surface area contributed by atoms with Gasteiger partial charge in [0, 0.05) is 14.3 Å². The van der Waals surface area contributed by atoms with E-state index in [0.29, 0.717) is 5.92 Å². The van der Waals surface area contributed by atoms with E-state index < -0.39 is 6.10 Å². The zero-order valence-electron chi connectivity index (χ0n) is 11.9. The van der Waals surface area contributed by atoms with Crippen molar-refractivity contribution in [3.8, 4) is 0 Å². The van der Waals surface area contributed by atoms with Gasteiger partial charge in [-0.25, -0.2) is 0 Å². The van der Waals surface area contributed by atoms with E-state index in [2.05, 4.69) is 54.0 Å². The van der Waals surface area contributed by atoms with Crippen molar-refractivity contribution < 1.29 is 5.11 Å². The van der Waals surface area contributed by atoms with Crippen LogP contribution in [0.15, 0.2) is 56.7 Å². The Morgan fingerprint density at radius 1 is 0.950 bits per heavy atom. The number of aliphatic hydroxyl groups excluding tert-OH is 1.